The van der Waals surface area contributed by atoms with Crippen molar-refractivity contribution < 1.29 is 4.79 Å². The Labute approximate surface area is 124 Å². The maximum atomic E-state index is 12.2. The summed E-state index contributed by atoms with van der Waals surface area (Å²) in [6.45, 7) is 1.88. The average molecular weight is 340 g/mol. The molecule has 0 unspecified atom stereocenters. The smallest absolute Gasteiger partial charge is 0.256 e. The van der Waals surface area contributed by atoms with Gasteiger partial charge >= 0.3 is 0 Å². The molecule has 2 aromatic rings. The standard InChI is InChI=1S/C14H12BrClN2O/c1-8-2-3-9(15)6-11(8)14(19)18-13-5-4-10(17)7-12(13)16/h2-7H,17H2,1H3,(H,18,19). The highest BCUT2D eigenvalue weighted by Crippen LogP contribution is 2.25. The van der Waals surface area contributed by atoms with Crippen LogP contribution in [-0.4, -0.2) is 5.91 Å². The van der Waals surface area contributed by atoms with Gasteiger partial charge in [-0.1, -0.05) is 33.6 Å². The Bertz CT molecular complexity index is 643. The van der Waals surface area contributed by atoms with Crippen LogP contribution in [0.3, 0.4) is 0 Å². The van der Waals surface area contributed by atoms with E-state index in [0.29, 0.717) is 22.0 Å². The molecule has 0 fully saturated rings. The molecule has 2 aromatic carbocycles. The molecule has 19 heavy (non-hydrogen) atoms. The fourth-order valence-corrected chi connectivity index (χ4v) is 2.26. The van der Waals surface area contributed by atoms with Crippen molar-refractivity contribution in [3.8, 4) is 0 Å². The van der Waals surface area contributed by atoms with Gasteiger partial charge < -0.3 is 11.1 Å². The summed E-state index contributed by atoms with van der Waals surface area (Å²) in [6, 6.07) is 10.5. The van der Waals surface area contributed by atoms with Crippen molar-refractivity contribution in [2.45, 2.75) is 6.92 Å². The van der Waals surface area contributed by atoms with Crippen molar-refractivity contribution in [3.05, 3.63) is 57.0 Å². The fourth-order valence-electron chi connectivity index (χ4n) is 1.66. The van der Waals surface area contributed by atoms with Crippen LogP contribution in [0.4, 0.5) is 11.4 Å². The van der Waals surface area contributed by atoms with Gasteiger partial charge in [0.25, 0.3) is 5.91 Å². The van der Waals surface area contributed by atoms with Crippen LogP contribution in [0, 0.1) is 6.92 Å². The molecule has 0 aliphatic carbocycles. The normalized spacial score (nSPS) is 10.3. The molecule has 0 aliphatic heterocycles. The second-order valence-electron chi connectivity index (χ2n) is 4.15. The number of carbonyl (C=O) groups is 1. The average Bonchev–Trinajstić information content (AvgIpc) is 2.35. The van der Waals surface area contributed by atoms with E-state index in [2.05, 4.69) is 21.2 Å². The largest absolute Gasteiger partial charge is 0.399 e. The second-order valence-corrected chi connectivity index (χ2v) is 5.48. The van der Waals surface area contributed by atoms with Crippen LogP contribution in [0.5, 0.6) is 0 Å². The molecule has 2 rings (SSSR count). The molecule has 0 aromatic heterocycles. The lowest BCUT2D eigenvalue weighted by molar-refractivity contribution is 0.102. The summed E-state index contributed by atoms with van der Waals surface area (Å²) in [6.07, 6.45) is 0. The number of amides is 1. The first-order valence-electron chi connectivity index (χ1n) is 5.60. The minimum Gasteiger partial charge on any atom is -0.399 e. The molecule has 98 valence electrons. The van der Waals surface area contributed by atoms with Crippen molar-refractivity contribution in [2.24, 2.45) is 0 Å². The third-order valence-electron chi connectivity index (χ3n) is 2.69. The van der Waals surface area contributed by atoms with E-state index in [9.17, 15) is 4.79 Å². The van der Waals surface area contributed by atoms with Crippen molar-refractivity contribution >= 4 is 44.8 Å². The van der Waals surface area contributed by atoms with E-state index in [1.807, 2.05) is 19.1 Å². The van der Waals surface area contributed by atoms with Crippen molar-refractivity contribution in [3.63, 3.8) is 0 Å². The Morgan fingerprint density at radius 3 is 2.68 bits per heavy atom. The van der Waals surface area contributed by atoms with E-state index in [-0.39, 0.29) is 5.91 Å². The number of nitrogens with two attached hydrogens (primary N) is 1. The summed E-state index contributed by atoms with van der Waals surface area (Å²) in [5, 5.41) is 3.19. The Morgan fingerprint density at radius 1 is 1.26 bits per heavy atom. The number of carbonyl (C=O) groups excluding carboxylic acids is 1. The summed E-state index contributed by atoms with van der Waals surface area (Å²) < 4.78 is 0.853. The van der Waals surface area contributed by atoms with Gasteiger partial charge in [-0.2, -0.15) is 0 Å². The Hall–Kier alpha value is -1.52. The first-order valence-corrected chi connectivity index (χ1v) is 6.77. The second kappa shape index (κ2) is 5.63. The first kappa shape index (κ1) is 13.9. The van der Waals surface area contributed by atoms with E-state index in [1.54, 1.807) is 24.3 Å². The van der Waals surface area contributed by atoms with Gasteiger partial charge in [0.05, 0.1) is 10.7 Å². The molecule has 5 heteroatoms. The molecule has 0 saturated heterocycles. The lowest BCUT2D eigenvalue weighted by Crippen LogP contribution is -2.13. The third-order valence-corrected chi connectivity index (χ3v) is 3.49. The van der Waals surface area contributed by atoms with Gasteiger partial charge in [0.1, 0.15) is 0 Å². The minimum atomic E-state index is -0.203. The number of hydrogen-bond donors (Lipinski definition) is 2. The van der Waals surface area contributed by atoms with Crippen LogP contribution in [0.15, 0.2) is 40.9 Å². The van der Waals surface area contributed by atoms with Crippen LogP contribution in [0.1, 0.15) is 15.9 Å². The highest BCUT2D eigenvalue weighted by atomic mass is 79.9. The van der Waals surface area contributed by atoms with Crippen molar-refractivity contribution in [2.75, 3.05) is 11.1 Å². The first-order chi connectivity index (χ1) is 8.97. The van der Waals surface area contributed by atoms with E-state index in [4.69, 9.17) is 17.3 Å². The van der Waals surface area contributed by atoms with Gasteiger partial charge in [-0.25, -0.2) is 0 Å². The van der Waals surface area contributed by atoms with Gasteiger partial charge in [-0.15, -0.1) is 0 Å². The lowest BCUT2D eigenvalue weighted by atomic mass is 10.1. The molecule has 0 spiro atoms. The fraction of sp³-hybridized carbons (Fsp3) is 0.0714. The van der Waals surface area contributed by atoms with Crippen LogP contribution >= 0.6 is 27.5 Å². The number of nitrogens with one attached hydrogen (secondary N) is 1. The monoisotopic (exact) mass is 338 g/mol. The number of aryl methyl sites for hydroxylation is 1. The molecule has 0 atom stereocenters. The van der Waals surface area contributed by atoms with Crippen molar-refractivity contribution in [1.82, 2.24) is 0 Å². The minimum absolute atomic E-state index is 0.203. The summed E-state index contributed by atoms with van der Waals surface area (Å²) in [4.78, 5) is 12.2. The third kappa shape index (κ3) is 3.28. The highest BCUT2D eigenvalue weighted by Gasteiger charge is 2.11. The van der Waals surface area contributed by atoms with Crippen molar-refractivity contribution in [1.29, 1.82) is 0 Å². The zero-order valence-corrected chi connectivity index (χ0v) is 12.5. The van der Waals surface area contributed by atoms with Crippen LogP contribution < -0.4 is 11.1 Å². The Kier molecular flexibility index (Phi) is 4.12. The molecule has 0 aliphatic rings. The summed E-state index contributed by atoms with van der Waals surface area (Å²) in [7, 11) is 0. The maximum Gasteiger partial charge on any atom is 0.256 e. The van der Waals surface area contributed by atoms with Crippen LogP contribution in [0.2, 0.25) is 5.02 Å². The number of hydrogen-bond acceptors (Lipinski definition) is 2. The lowest BCUT2D eigenvalue weighted by Gasteiger charge is -2.10. The molecule has 0 radical (unpaired) electrons. The number of nitrogen functional groups attached to an aromatic ring is 1. The van der Waals surface area contributed by atoms with Gasteiger partial charge in [0.2, 0.25) is 0 Å². The molecule has 3 N–H and O–H groups in total. The zero-order valence-electron chi connectivity index (χ0n) is 10.2. The Balaban J connectivity index is 2.28. The number of rotatable bonds is 2. The SMILES string of the molecule is Cc1ccc(Br)cc1C(=O)Nc1ccc(N)cc1Cl. The van der Waals surface area contributed by atoms with Gasteiger partial charge in [-0.3, -0.25) is 4.79 Å². The quantitative estimate of drug-likeness (QED) is 0.804. The highest BCUT2D eigenvalue weighted by molar-refractivity contribution is 9.10. The van der Waals surface area contributed by atoms with E-state index >= 15 is 0 Å². The molecule has 0 bridgehead atoms. The van der Waals surface area contributed by atoms with Gasteiger partial charge in [-0.05, 0) is 42.8 Å². The topological polar surface area (TPSA) is 55.1 Å². The van der Waals surface area contributed by atoms with Gasteiger partial charge in [0.15, 0.2) is 0 Å². The molecular formula is C14H12BrClN2O. The number of benzene rings is 2. The molecule has 0 saturated carbocycles. The predicted molar refractivity (Wildman–Crippen MR) is 82.7 cm³/mol. The molecule has 3 nitrogen and oxygen atoms in total. The van der Waals surface area contributed by atoms with E-state index in [1.165, 1.54) is 0 Å². The predicted octanol–water partition coefficient (Wildman–Crippen LogP) is 4.25. The van der Waals surface area contributed by atoms with E-state index < -0.39 is 0 Å². The Morgan fingerprint density at radius 2 is 2.00 bits per heavy atom. The van der Waals surface area contributed by atoms with Gasteiger partial charge in [0, 0.05) is 15.7 Å². The summed E-state index contributed by atoms with van der Waals surface area (Å²) in [5.74, 6) is -0.203. The number of anilines is 2. The molecule has 1 amide bonds. The molecule has 0 heterocycles. The maximum absolute atomic E-state index is 12.2. The van der Waals surface area contributed by atoms with Crippen LogP contribution in [-0.2, 0) is 0 Å². The molecular weight excluding hydrogens is 328 g/mol. The summed E-state index contributed by atoms with van der Waals surface area (Å²) in [5.41, 5.74) is 8.20. The van der Waals surface area contributed by atoms with E-state index in [0.717, 1.165) is 10.0 Å². The van der Waals surface area contributed by atoms with Crippen LogP contribution in [0.25, 0.3) is 0 Å². The zero-order chi connectivity index (χ0) is 14.0. The number of halogens is 2. The summed E-state index contributed by atoms with van der Waals surface area (Å²) >= 11 is 9.38.